The van der Waals surface area contributed by atoms with E-state index < -0.39 is 17.5 Å². The molecule has 0 bridgehead atoms. The number of hydrogen-bond acceptors (Lipinski definition) is 5. The maximum Gasteiger partial charge on any atom is 0.255 e. The van der Waals surface area contributed by atoms with Crippen molar-refractivity contribution in [1.82, 2.24) is 24.8 Å². The highest BCUT2D eigenvalue weighted by atomic mass is 19.2. The number of halogens is 3. The van der Waals surface area contributed by atoms with Crippen molar-refractivity contribution in [2.75, 3.05) is 6.54 Å². The second-order valence-electron chi connectivity index (χ2n) is 6.25. The summed E-state index contributed by atoms with van der Waals surface area (Å²) in [5.74, 6) is -2.74. The van der Waals surface area contributed by atoms with E-state index in [0.717, 1.165) is 12.1 Å². The van der Waals surface area contributed by atoms with Crippen LogP contribution in [0.25, 0.3) is 11.4 Å². The Balaban J connectivity index is 1.61. The van der Waals surface area contributed by atoms with Gasteiger partial charge in [-0.1, -0.05) is 0 Å². The third-order valence-electron chi connectivity index (χ3n) is 4.50. The van der Waals surface area contributed by atoms with Gasteiger partial charge >= 0.3 is 0 Å². The van der Waals surface area contributed by atoms with Gasteiger partial charge in [0.1, 0.15) is 18.0 Å². The van der Waals surface area contributed by atoms with Crippen molar-refractivity contribution in [2.45, 2.75) is 19.5 Å². The molecule has 0 amide bonds. The normalized spacial score (nSPS) is 14.2. The first-order valence-corrected chi connectivity index (χ1v) is 8.25. The number of aromatic nitrogens is 4. The van der Waals surface area contributed by atoms with Crippen LogP contribution in [0.15, 0.2) is 35.6 Å². The van der Waals surface area contributed by atoms with Gasteiger partial charge in [0, 0.05) is 44.0 Å². The predicted molar refractivity (Wildman–Crippen MR) is 90.0 cm³/mol. The third-order valence-corrected chi connectivity index (χ3v) is 4.50. The number of fused-ring (bicyclic) bond motifs is 1. The number of hydrogen-bond donors (Lipinski definition) is 1. The van der Waals surface area contributed by atoms with Crippen LogP contribution in [0.2, 0.25) is 0 Å². The fourth-order valence-electron chi connectivity index (χ4n) is 3.11. The van der Waals surface area contributed by atoms with Crippen LogP contribution in [-0.4, -0.2) is 31.4 Å². The second kappa shape index (κ2) is 6.92. The summed E-state index contributed by atoms with van der Waals surface area (Å²) in [4.78, 5) is 29.1. The number of aromatic amines is 1. The molecule has 1 aromatic carbocycles. The van der Waals surface area contributed by atoms with E-state index in [1.165, 1.54) is 6.33 Å². The molecule has 0 saturated carbocycles. The van der Waals surface area contributed by atoms with E-state index in [0.29, 0.717) is 35.6 Å². The molecule has 1 aliphatic heterocycles. The number of nitrogens with zero attached hydrogens (tertiary/aromatic N) is 4. The van der Waals surface area contributed by atoms with Crippen molar-refractivity contribution in [2.24, 2.45) is 0 Å². The molecule has 0 aliphatic carbocycles. The van der Waals surface area contributed by atoms with Crippen molar-refractivity contribution < 1.29 is 13.2 Å². The quantitative estimate of drug-likeness (QED) is 0.713. The van der Waals surface area contributed by atoms with Crippen LogP contribution in [0.1, 0.15) is 16.8 Å². The number of benzene rings is 1. The van der Waals surface area contributed by atoms with Crippen LogP contribution in [0, 0.1) is 17.5 Å². The first kappa shape index (κ1) is 17.3. The zero-order chi connectivity index (χ0) is 19.0. The van der Waals surface area contributed by atoms with Crippen molar-refractivity contribution in [1.29, 1.82) is 0 Å². The minimum Gasteiger partial charge on any atom is -0.306 e. The van der Waals surface area contributed by atoms with Crippen molar-refractivity contribution >= 4 is 0 Å². The zero-order valence-corrected chi connectivity index (χ0v) is 14.0. The third kappa shape index (κ3) is 3.33. The lowest BCUT2D eigenvalue weighted by molar-refractivity contribution is 0.233. The molecule has 0 spiro atoms. The maximum atomic E-state index is 13.9. The highest BCUT2D eigenvalue weighted by Crippen LogP contribution is 2.22. The molecule has 0 unspecified atom stereocenters. The Morgan fingerprint density at radius 1 is 1.11 bits per heavy atom. The summed E-state index contributed by atoms with van der Waals surface area (Å²) in [6.07, 6.45) is 4.89. The second-order valence-corrected chi connectivity index (χ2v) is 6.25. The van der Waals surface area contributed by atoms with Gasteiger partial charge in [-0.3, -0.25) is 9.69 Å². The molecule has 4 rings (SSSR count). The fourth-order valence-corrected chi connectivity index (χ4v) is 3.11. The van der Waals surface area contributed by atoms with Gasteiger partial charge in [0.15, 0.2) is 11.6 Å². The summed E-state index contributed by atoms with van der Waals surface area (Å²) in [5, 5.41) is 0. The Kier molecular flexibility index (Phi) is 4.44. The van der Waals surface area contributed by atoms with E-state index in [9.17, 15) is 18.0 Å². The molecular weight excluding hydrogens is 359 g/mol. The first-order chi connectivity index (χ1) is 13.0. The molecule has 2 aromatic heterocycles. The predicted octanol–water partition coefficient (Wildman–Crippen LogP) is 2.20. The number of H-pyrrole nitrogens is 1. The SMILES string of the molecule is O=c1[nH]c(-c2cncnc2)nc2c1CN(Cc1c(F)ccc(F)c1F)CC2. The standard InChI is InChI=1S/C18H14F3N5O/c19-13-1-2-14(20)16(21)11(13)7-26-4-3-15-12(8-26)18(27)25-17(24-15)10-5-22-9-23-6-10/h1-2,5-6,9H,3-4,7-8H2,(H,24,25,27). The average molecular weight is 373 g/mol. The van der Waals surface area contributed by atoms with Crippen LogP contribution >= 0.6 is 0 Å². The van der Waals surface area contributed by atoms with Crippen LogP contribution < -0.4 is 5.56 Å². The van der Waals surface area contributed by atoms with E-state index in [1.807, 2.05) is 0 Å². The van der Waals surface area contributed by atoms with Gasteiger partial charge in [-0.05, 0) is 12.1 Å². The van der Waals surface area contributed by atoms with Crippen LogP contribution in [0.3, 0.4) is 0 Å². The van der Waals surface area contributed by atoms with E-state index in [4.69, 9.17) is 0 Å². The number of nitrogens with one attached hydrogen (secondary N) is 1. The molecule has 0 saturated heterocycles. The molecule has 1 aliphatic rings. The van der Waals surface area contributed by atoms with E-state index >= 15 is 0 Å². The molecule has 3 heterocycles. The summed E-state index contributed by atoms with van der Waals surface area (Å²) < 4.78 is 41.2. The molecule has 3 aromatic rings. The van der Waals surface area contributed by atoms with Gasteiger partial charge in [-0.25, -0.2) is 28.1 Å². The van der Waals surface area contributed by atoms with Crippen LogP contribution in [0.4, 0.5) is 13.2 Å². The summed E-state index contributed by atoms with van der Waals surface area (Å²) in [5.41, 5.74) is 0.960. The van der Waals surface area contributed by atoms with E-state index in [2.05, 4.69) is 19.9 Å². The van der Waals surface area contributed by atoms with Gasteiger partial charge in [-0.15, -0.1) is 0 Å². The average Bonchev–Trinajstić information content (AvgIpc) is 2.69. The Labute approximate surface area is 151 Å². The smallest absolute Gasteiger partial charge is 0.255 e. The molecular formula is C18H14F3N5O. The molecule has 0 fully saturated rings. The molecule has 138 valence electrons. The van der Waals surface area contributed by atoms with Crippen molar-refractivity contribution in [3.63, 3.8) is 0 Å². The summed E-state index contributed by atoms with van der Waals surface area (Å²) in [7, 11) is 0. The minimum absolute atomic E-state index is 0.136. The van der Waals surface area contributed by atoms with Gasteiger partial charge in [0.2, 0.25) is 0 Å². The minimum atomic E-state index is -1.20. The highest BCUT2D eigenvalue weighted by Gasteiger charge is 2.24. The van der Waals surface area contributed by atoms with Gasteiger partial charge < -0.3 is 4.98 Å². The lowest BCUT2D eigenvalue weighted by atomic mass is 10.1. The lowest BCUT2D eigenvalue weighted by Crippen LogP contribution is -2.36. The van der Waals surface area contributed by atoms with Crippen LogP contribution in [-0.2, 0) is 19.5 Å². The summed E-state index contributed by atoms with van der Waals surface area (Å²) >= 11 is 0. The van der Waals surface area contributed by atoms with E-state index in [1.54, 1.807) is 17.3 Å². The highest BCUT2D eigenvalue weighted by molar-refractivity contribution is 5.52. The Hall–Kier alpha value is -3.07. The topological polar surface area (TPSA) is 74.8 Å². The first-order valence-electron chi connectivity index (χ1n) is 8.25. The van der Waals surface area contributed by atoms with Gasteiger partial charge in [0.25, 0.3) is 5.56 Å². The van der Waals surface area contributed by atoms with Crippen LogP contribution in [0.5, 0.6) is 0 Å². The Morgan fingerprint density at radius 3 is 2.63 bits per heavy atom. The monoisotopic (exact) mass is 373 g/mol. The molecule has 9 heteroatoms. The maximum absolute atomic E-state index is 13.9. The Morgan fingerprint density at radius 2 is 1.85 bits per heavy atom. The largest absolute Gasteiger partial charge is 0.306 e. The van der Waals surface area contributed by atoms with Crippen molar-refractivity contribution in [3.8, 4) is 11.4 Å². The number of rotatable bonds is 3. The molecule has 0 atom stereocenters. The fraction of sp³-hybridized carbons (Fsp3) is 0.222. The lowest BCUT2D eigenvalue weighted by Gasteiger charge is -2.28. The zero-order valence-electron chi connectivity index (χ0n) is 14.0. The summed E-state index contributed by atoms with van der Waals surface area (Å²) in [6.45, 7) is 0.463. The van der Waals surface area contributed by atoms with Gasteiger partial charge in [-0.2, -0.15) is 0 Å². The van der Waals surface area contributed by atoms with Gasteiger partial charge in [0.05, 0.1) is 16.8 Å². The summed E-state index contributed by atoms with van der Waals surface area (Å²) in [6, 6.07) is 1.65. The van der Waals surface area contributed by atoms with E-state index in [-0.39, 0.29) is 24.2 Å². The Bertz CT molecular complexity index is 1050. The molecule has 6 nitrogen and oxygen atoms in total. The van der Waals surface area contributed by atoms with Crippen molar-refractivity contribution in [3.05, 3.63) is 75.5 Å². The molecule has 1 N–H and O–H groups in total. The molecule has 0 radical (unpaired) electrons. The molecule has 27 heavy (non-hydrogen) atoms.